The molecule has 1 atom stereocenters. The number of rotatable bonds is 6. The van der Waals surface area contributed by atoms with Crippen molar-refractivity contribution in [1.29, 1.82) is 0 Å². The average molecular weight is 222 g/mol. The van der Waals surface area contributed by atoms with Crippen molar-refractivity contribution in [2.45, 2.75) is 32.2 Å². The number of hydrogen-bond acceptors (Lipinski definition) is 4. The molecule has 1 unspecified atom stereocenters. The number of hydrazine groups is 1. The standard InChI is InChI=1S/C12H18N2O2/c1-2-3-7-10(14-13)12(16)9-6-4-5-8-11(9)15/h4-6,8,10,14-15H,2-3,7,13H2,1H3. The number of aromatic hydroxyl groups is 1. The lowest BCUT2D eigenvalue weighted by Gasteiger charge is -2.14. The quantitative estimate of drug-likeness (QED) is 0.388. The number of nitrogens with one attached hydrogen (secondary N) is 1. The highest BCUT2D eigenvalue weighted by Gasteiger charge is 2.20. The molecule has 0 spiro atoms. The Morgan fingerprint density at radius 3 is 2.75 bits per heavy atom. The van der Waals surface area contributed by atoms with Gasteiger partial charge in [0, 0.05) is 0 Å². The molecule has 16 heavy (non-hydrogen) atoms. The van der Waals surface area contributed by atoms with Gasteiger partial charge in [0.2, 0.25) is 0 Å². The van der Waals surface area contributed by atoms with Gasteiger partial charge in [-0.3, -0.25) is 10.6 Å². The third-order valence-electron chi connectivity index (χ3n) is 2.53. The predicted molar refractivity (Wildman–Crippen MR) is 63.1 cm³/mol. The number of hydrogen-bond donors (Lipinski definition) is 3. The number of benzene rings is 1. The Bertz CT molecular complexity index is 353. The van der Waals surface area contributed by atoms with Gasteiger partial charge in [0.15, 0.2) is 5.78 Å². The zero-order valence-electron chi connectivity index (χ0n) is 9.44. The van der Waals surface area contributed by atoms with Crippen LogP contribution < -0.4 is 11.3 Å². The Labute approximate surface area is 95.4 Å². The summed E-state index contributed by atoms with van der Waals surface area (Å²) in [6, 6.07) is 6.09. The first-order chi connectivity index (χ1) is 7.70. The Morgan fingerprint density at radius 2 is 2.19 bits per heavy atom. The molecule has 0 radical (unpaired) electrons. The lowest BCUT2D eigenvalue weighted by Crippen LogP contribution is -2.41. The van der Waals surface area contributed by atoms with Crippen molar-refractivity contribution in [3.63, 3.8) is 0 Å². The Hall–Kier alpha value is -1.39. The van der Waals surface area contributed by atoms with Crippen LogP contribution in [-0.2, 0) is 0 Å². The molecule has 0 amide bonds. The van der Waals surface area contributed by atoms with Crippen LogP contribution in [0.5, 0.6) is 5.75 Å². The van der Waals surface area contributed by atoms with Crippen molar-refractivity contribution in [2.24, 2.45) is 5.84 Å². The van der Waals surface area contributed by atoms with Crippen LogP contribution >= 0.6 is 0 Å². The number of carbonyl (C=O) groups excluding carboxylic acids is 1. The van der Waals surface area contributed by atoms with Gasteiger partial charge in [-0.25, -0.2) is 5.43 Å². The number of Topliss-reactive ketones (excluding diaryl/α,β-unsaturated/α-hetero) is 1. The lowest BCUT2D eigenvalue weighted by atomic mass is 9.99. The molecule has 4 nitrogen and oxygen atoms in total. The van der Waals surface area contributed by atoms with Gasteiger partial charge in [-0.2, -0.15) is 0 Å². The number of para-hydroxylation sites is 1. The minimum absolute atomic E-state index is 0.00393. The molecule has 0 saturated carbocycles. The second-order valence-electron chi connectivity index (χ2n) is 3.74. The van der Waals surface area contributed by atoms with E-state index in [0.29, 0.717) is 12.0 Å². The van der Waals surface area contributed by atoms with Gasteiger partial charge in [0.25, 0.3) is 0 Å². The van der Waals surface area contributed by atoms with Crippen LogP contribution in [0.2, 0.25) is 0 Å². The summed E-state index contributed by atoms with van der Waals surface area (Å²) in [5.74, 6) is 5.20. The number of carbonyl (C=O) groups is 1. The SMILES string of the molecule is CCCCC(NN)C(=O)c1ccccc1O. The molecule has 0 fully saturated rings. The summed E-state index contributed by atoms with van der Waals surface area (Å²) in [7, 11) is 0. The van der Waals surface area contributed by atoms with E-state index >= 15 is 0 Å². The Morgan fingerprint density at radius 1 is 1.50 bits per heavy atom. The first-order valence-electron chi connectivity index (χ1n) is 5.49. The van der Waals surface area contributed by atoms with Crippen molar-refractivity contribution in [2.75, 3.05) is 0 Å². The van der Waals surface area contributed by atoms with E-state index in [2.05, 4.69) is 12.3 Å². The van der Waals surface area contributed by atoms with Crippen LogP contribution in [0.15, 0.2) is 24.3 Å². The van der Waals surface area contributed by atoms with E-state index in [-0.39, 0.29) is 11.5 Å². The fourth-order valence-electron chi connectivity index (χ4n) is 1.57. The minimum atomic E-state index is -0.423. The van der Waals surface area contributed by atoms with Crippen molar-refractivity contribution >= 4 is 5.78 Å². The summed E-state index contributed by atoms with van der Waals surface area (Å²) in [5.41, 5.74) is 2.82. The van der Waals surface area contributed by atoms with E-state index < -0.39 is 6.04 Å². The Kier molecular flexibility index (Phi) is 4.95. The molecule has 0 bridgehead atoms. The topological polar surface area (TPSA) is 75.3 Å². The zero-order valence-corrected chi connectivity index (χ0v) is 9.44. The zero-order chi connectivity index (χ0) is 12.0. The number of nitrogens with two attached hydrogens (primary N) is 1. The maximum atomic E-state index is 12.0. The fourth-order valence-corrected chi connectivity index (χ4v) is 1.57. The largest absolute Gasteiger partial charge is 0.507 e. The number of phenolic OH excluding ortho intramolecular Hbond substituents is 1. The molecular weight excluding hydrogens is 204 g/mol. The first kappa shape index (κ1) is 12.7. The summed E-state index contributed by atoms with van der Waals surface area (Å²) in [4.78, 5) is 12.0. The molecule has 0 heterocycles. The van der Waals surface area contributed by atoms with Crippen molar-refractivity contribution < 1.29 is 9.90 Å². The highest BCUT2D eigenvalue weighted by atomic mass is 16.3. The lowest BCUT2D eigenvalue weighted by molar-refractivity contribution is 0.0934. The fraction of sp³-hybridized carbons (Fsp3) is 0.417. The molecule has 0 aromatic heterocycles. The van der Waals surface area contributed by atoms with E-state index in [0.717, 1.165) is 12.8 Å². The van der Waals surface area contributed by atoms with Crippen LogP contribution in [0.3, 0.4) is 0 Å². The molecule has 0 aliphatic carbocycles. The van der Waals surface area contributed by atoms with Crippen molar-refractivity contribution in [3.8, 4) is 5.75 Å². The third kappa shape index (κ3) is 3.05. The normalized spacial score (nSPS) is 12.4. The van der Waals surface area contributed by atoms with Gasteiger partial charge < -0.3 is 5.11 Å². The second kappa shape index (κ2) is 6.25. The van der Waals surface area contributed by atoms with E-state index in [1.165, 1.54) is 6.07 Å². The van der Waals surface area contributed by atoms with Gasteiger partial charge >= 0.3 is 0 Å². The van der Waals surface area contributed by atoms with E-state index in [9.17, 15) is 9.90 Å². The molecule has 4 N–H and O–H groups in total. The van der Waals surface area contributed by atoms with E-state index in [1.807, 2.05) is 0 Å². The van der Waals surface area contributed by atoms with E-state index in [1.54, 1.807) is 18.2 Å². The summed E-state index contributed by atoms with van der Waals surface area (Å²) in [5, 5.41) is 9.56. The maximum Gasteiger partial charge on any atom is 0.184 e. The molecule has 1 rings (SSSR count). The van der Waals surface area contributed by atoms with Crippen LogP contribution in [0, 0.1) is 0 Å². The monoisotopic (exact) mass is 222 g/mol. The molecule has 0 aliphatic heterocycles. The van der Waals surface area contributed by atoms with Crippen LogP contribution in [-0.4, -0.2) is 16.9 Å². The highest BCUT2D eigenvalue weighted by molar-refractivity contribution is 6.02. The van der Waals surface area contributed by atoms with Crippen LogP contribution in [0.25, 0.3) is 0 Å². The number of ketones is 1. The number of unbranched alkanes of at least 4 members (excludes halogenated alkanes) is 1. The molecule has 88 valence electrons. The number of phenols is 1. The van der Waals surface area contributed by atoms with Gasteiger partial charge in [0.1, 0.15) is 5.75 Å². The van der Waals surface area contributed by atoms with Gasteiger partial charge in [-0.05, 0) is 18.6 Å². The molecule has 4 heteroatoms. The van der Waals surface area contributed by atoms with Crippen molar-refractivity contribution in [3.05, 3.63) is 29.8 Å². The van der Waals surface area contributed by atoms with Crippen LogP contribution in [0.4, 0.5) is 0 Å². The van der Waals surface area contributed by atoms with Gasteiger partial charge in [-0.1, -0.05) is 31.9 Å². The third-order valence-corrected chi connectivity index (χ3v) is 2.53. The average Bonchev–Trinajstić information content (AvgIpc) is 2.30. The highest BCUT2D eigenvalue weighted by Crippen LogP contribution is 2.18. The molecule has 0 saturated heterocycles. The van der Waals surface area contributed by atoms with E-state index in [4.69, 9.17) is 5.84 Å². The second-order valence-corrected chi connectivity index (χ2v) is 3.74. The summed E-state index contributed by atoms with van der Waals surface area (Å²) < 4.78 is 0. The summed E-state index contributed by atoms with van der Waals surface area (Å²) in [6.45, 7) is 2.05. The molecule has 1 aromatic carbocycles. The first-order valence-corrected chi connectivity index (χ1v) is 5.49. The van der Waals surface area contributed by atoms with Gasteiger partial charge in [0.05, 0.1) is 11.6 Å². The molecule has 0 aliphatic rings. The molecular formula is C12H18N2O2. The van der Waals surface area contributed by atoms with Crippen LogP contribution in [0.1, 0.15) is 36.5 Å². The predicted octanol–water partition coefficient (Wildman–Crippen LogP) is 1.60. The maximum absolute atomic E-state index is 12.0. The Balaban J connectivity index is 2.79. The summed E-state index contributed by atoms with van der Waals surface area (Å²) >= 11 is 0. The minimum Gasteiger partial charge on any atom is -0.507 e. The van der Waals surface area contributed by atoms with Crippen molar-refractivity contribution in [1.82, 2.24) is 5.43 Å². The van der Waals surface area contributed by atoms with Gasteiger partial charge in [-0.15, -0.1) is 0 Å². The smallest absolute Gasteiger partial charge is 0.184 e. The molecule has 1 aromatic rings. The summed E-state index contributed by atoms with van der Waals surface area (Å²) in [6.07, 6.45) is 2.61.